The topological polar surface area (TPSA) is 99.8 Å². The Morgan fingerprint density at radius 2 is 2.05 bits per heavy atom. The summed E-state index contributed by atoms with van der Waals surface area (Å²) in [5.41, 5.74) is 3.79. The SMILES string of the molecule is O=C(NCCCOc1ccc2c(c1)c(-c1ccn(CCO)c1)nn2C1CCCCO1)OCc1ccccc1. The highest BCUT2D eigenvalue weighted by molar-refractivity contribution is 5.94. The summed E-state index contributed by atoms with van der Waals surface area (Å²) in [5.74, 6) is 0.740. The van der Waals surface area contributed by atoms with Crippen LogP contribution >= 0.6 is 0 Å². The number of nitrogens with one attached hydrogen (secondary N) is 1. The third kappa shape index (κ3) is 6.35. The molecule has 9 nitrogen and oxygen atoms in total. The van der Waals surface area contributed by atoms with Gasteiger partial charge in [-0.2, -0.15) is 5.10 Å². The molecular weight excluding hydrogens is 484 g/mol. The highest BCUT2D eigenvalue weighted by Crippen LogP contribution is 2.35. The molecule has 2 N–H and O–H groups in total. The van der Waals surface area contributed by atoms with E-state index in [9.17, 15) is 9.90 Å². The maximum Gasteiger partial charge on any atom is 0.407 e. The summed E-state index contributed by atoms with van der Waals surface area (Å²) in [6, 6.07) is 17.6. The van der Waals surface area contributed by atoms with Gasteiger partial charge in [-0.3, -0.25) is 0 Å². The first-order valence-corrected chi connectivity index (χ1v) is 13.2. The summed E-state index contributed by atoms with van der Waals surface area (Å²) in [6.45, 7) is 2.50. The number of nitrogens with zero attached hydrogens (tertiary/aromatic N) is 3. The van der Waals surface area contributed by atoms with E-state index in [1.807, 2.05) is 76.2 Å². The van der Waals surface area contributed by atoms with Gasteiger partial charge < -0.3 is 29.2 Å². The summed E-state index contributed by atoms with van der Waals surface area (Å²) in [5, 5.41) is 18.0. The van der Waals surface area contributed by atoms with Gasteiger partial charge >= 0.3 is 6.09 Å². The standard InChI is InChI=1S/C29H34N4O5/c34-16-15-32-14-12-23(20-32)28-25-19-24(10-11-26(25)33(31-28)27-9-4-5-17-37-27)36-18-6-13-30-29(35)38-21-22-7-2-1-3-8-22/h1-3,7-8,10-12,14,19-20,27,34H,4-6,9,13,15-18,21H2,(H,30,35). The van der Waals surface area contributed by atoms with Gasteiger partial charge in [0.2, 0.25) is 0 Å². The Kier molecular flexibility index (Phi) is 8.57. The number of hydrogen-bond acceptors (Lipinski definition) is 6. The molecule has 2 aromatic carbocycles. The van der Waals surface area contributed by atoms with Crippen LogP contribution in [0.4, 0.5) is 4.79 Å². The zero-order valence-corrected chi connectivity index (χ0v) is 21.4. The highest BCUT2D eigenvalue weighted by atomic mass is 16.5. The van der Waals surface area contributed by atoms with Crippen LogP contribution < -0.4 is 10.1 Å². The van der Waals surface area contributed by atoms with E-state index in [0.717, 1.165) is 59.3 Å². The van der Waals surface area contributed by atoms with Crippen molar-refractivity contribution in [3.63, 3.8) is 0 Å². The summed E-state index contributed by atoms with van der Waals surface area (Å²) < 4.78 is 21.2. The first-order valence-electron chi connectivity index (χ1n) is 13.2. The molecule has 4 aromatic rings. The van der Waals surface area contributed by atoms with Crippen molar-refractivity contribution >= 4 is 17.0 Å². The van der Waals surface area contributed by atoms with E-state index in [0.29, 0.717) is 26.1 Å². The van der Waals surface area contributed by atoms with E-state index in [4.69, 9.17) is 19.3 Å². The van der Waals surface area contributed by atoms with Gasteiger partial charge in [-0.15, -0.1) is 0 Å². The molecule has 1 fully saturated rings. The van der Waals surface area contributed by atoms with Gasteiger partial charge in [0.1, 0.15) is 18.1 Å². The zero-order valence-electron chi connectivity index (χ0n) is 21.4. The predicted octanol–water partition coefficient (Wildman–Crippen LogP) is 4.89. The van der Waals surface area contributed by atoms with Crippen molar-refractivity contribution in [2.75, 3.05) is 26.4 Å². The van der Waals surface area contributed by atoms with E-state index in [1.165, 1.54) is 0 Å². The normalized spacial score (nSPS) is 15.4. The number of ether oxygens (including phenoxy) is 3. The minimum absolute atomic E-state index is 0.0802. The van der Waals surface area contributed by atoms with Crippen molar-refractivity contribution in [1.82, 2.24) is 19.7 Å². The molecule has 0 saturated carbocycles. The first kappa shape index (κ1) is 25.8. The Bertz CT molecular complexity index is 1330. The van der Waals surface area contributed by atoms with Gasteiger partial charge in [0.15, 0.2) is 6.23 Å². The number of benzene rings is 2. The van der Waals surface area contributed by atoms with E-state index in [2.05, 4.69) is 5.32 Å². The van der Waals surface area contributed by atoms with Crippen LogP contribution in [0.5, 0.6) is 5.75 Å². The number of aliphatic hydroxyl groups is 1. The van der Waals surface area contributed by atoms with Gasteiger partial charge in [-0.25, -0.2) is 9.48 Å². The number of alkyl carbamates (subject to hydrolysis) is 1. The van der Waals surface area contributed by atoms with Crippen LogP contribution in [0.15, 0.2) is 67.0 Å². The van der Waals surface area contributed by atoms with Crippen molar-refractivity contribution < 1.29 is 24.1 Å². The van der Waals surface area contributed by atoms with Crippen LogP contribution in [0.2, 0.25) is 0 Å². The number of amides is 1. The van der Waals surface area contributed by atoms with Gasteiger partial charge in [0.25, 0.3) is 0 Å². The van der Waals surface area contributed by atoms with Crippen LogP contribution in [0, 0.1) is 0 Å². The number of hydrogen-bond donors (Lipinski definition) is 2. The van der Waals surface area contributed by atoms with Gasteiger partial charge in [-0.05, 0) is 55.5 Å². The summed E-state index contributed by atoms with van der Waals surface area (Å²) in [4.78, 5) is 11.9. The van der Waals surface area contributed by atoms with Crippen LogP contribution in [0.25, 0.3) is 22.2 Å². The highest BCUT2D eigenvalue weighted by Gasteiger charge is 2.22. The Labute approximate surface area is 221 Å². The van der Waals surface area contributed by atoms with Crippen molar-refractivity contribution in [1.29, 1.82) is 0 Å². The van der Waals surface area contributed by atoms with Gasteiger partial charge in [0.05, 0.1) is 18.7 Å². The average molecular weight is 519 g/mol. The number of fused-ring (bicyclic) bond motifs is 1. The van der Waals surface area contributed by atoms with E-state index >= 15 is 0 Å². The summed E-state index contributed by atoms with van der Waals surface area (Å²) in [7, 11) is 0. The largest absolute Gasteiger partial charge is 0.494 e. The van der Waals surface area contributed by atoms with Gasteiger partial charge in [0, 0.05) is 43.0 Å². The molecule has 1 aliphatic heterocycles. The lowest BCUT2D eigenvalue weighted by molar-refractivity contribution is -0.0365. The summed E-state index contributed by atoms with van der Waals surface area (Å²) >= 11 is 0. The molecule has 0 spiro atoms. The first-order chi connectivity index (χ1) is 18.7. The second kappa shape index (κ2) is 12.6. The molecule has 200 valence electrons. The van der Waals surface area contributed by atoms with E-state index in [1.54, 1.807) is 0 Å². The number of aromatic nitrogens is 3. The average Bonchev–Trinajstić information content (AvgIpc) is 3.57. The molecule has 38 heavy (non-hydrogen) atoms. The Balaban J connectivity index is 1.21. The quantitative estimate of drug-likeness (QED) is 0.274. The van der Waals surface area contributed by atoms with E-state index in [-0.39, 0.29) is 19.4 Å². The van der Waals surface area contributed by atoms with Crippen molar-refractivity contribution in [2.24, 2.45) is 0 Å². The lowest BCUT2D eigenvalue weighted by Gasteiger charge is -2.23. The molecule has 1 aliphatic rings. The molecule has 5 rings (SSSR count). The fourth-order valence-electron chi connectivity index (χ4n) is 4.62. The summed E-state index contributed by atoms with van der Waals surface area (Å²) in [6.07, 6.45) is 7.19. The third-order valence-electron chi connectivity index (χ3n) is 6.56. The lowest BCUT2D eigenvalue weighted by Crippen LogP contribution is -2.26. The smallest absolute Gasteiger partial charge is 0.407 e. The molecule has 1 amide bonds. The second-order valence-corrected chi connectivity index (χ2v) is 9.35. The fraction of sp³-hybridized carbons (Fsp3) is 0.379. The van der Waals surface area contributed by atoms with Crippen molar-refractivity contribution in [2.45, 2.75) is 45.1 Å². The van der Waals surface area contributed by atoms with Crippen LogP contribution in [-0.4, -0.2) is 51.9 Å². The molecular formula is C29H34N4O5. The lowest BCUT2D eigenvalue weighted by atomic mass is 10.1. The van der Waals surface area contributed by atoms with Crippen molar-refractivity contribution in [3.8, 4) is 17.0 Å². The molecule has 2 aromatic heterocycles. The molecule has 1 saturated heterocycles. The molecule has 9 heteroatoms. The minimum Gasteiger partial charge on any atom is -0.494 e. The number of aliphatic hydroxyl groups excluding tert-OH is 1. The maximum absolute atomic E-state index is 11.9. The number of carbonyl (C=O) groups is 1. The van der Waals surface area contributed by atoms with E-state index < -0.39 is 6.09 Å². The Morgan fingerprint density at radius 1 is 1.16 bits per heavy atom. The minimum atomic E-state index is -0.439. The third-order valence-corrected chi connectivity index (χ3v) is 6.56. The molecule has 1 atom stereocenters. The molecule has 0 radical (unpaired) electrons. The van der Waals surface area contributed by atoms with Crippen molar-refractivity contribution in [3.05, 3.63) is 72.6 Å². The predicted molar refractivity (Wildman–Crippen MR) is 144 cm³/mol. The van der Waals surface area contributed by atoms with Crippen LogP contribution in [0.1, 0.15) is 37.5 Å². The Hall–Kier alpha value is -3.82. The maximum atomic E-state index is 11.9. The second-order valence-electron chi connectivity index (χ2n) is 9.35. The molecule has 0 aliphatic carbocycles. The van der Waals surface area contributed by atoms with Gasteiger partial charge in [-0.1, -0.05) is 30.3 Å². The molecule has 1 unspecified atom stereocenters. The molecule has 3 heterocycles. The number of carbonyl (C=O) groups excluding carboxylic acids is 1. The number of rotatable bonds is 11. The monoisotopic (exact) mass is 518 g/mol. The Morgan fingerprint density at radius 3 is 2.87 bits per heavy atom. The van der Waals surface area contributed by atoms with Crippen LogP contribution in [-0.2, 0) is 22.6 Å². The zero-order chi connectivity index (χ0) is 26.2. The fourth-order valence-corrected chi connectivity index (χ4v) is 4.62. The molecule has 0 bridgehead atoms. The van der Waals surface area contributed by atoms with Crippen LogP contribution in [0.3, 0.4) is 0 Å².